The molecule has 0 saturated heterocycles. The van der Waals surface area contributed by atoms with Gasteiger partial charge in [-0.05, 0) is 18.1 Å². The van der Waals surface area contributed by atoms with Crippen molar-refractivity contribution in [1.29, 1.82) is 0 Å². The third-order valence-corrected chi connectivity index (χ3v) is 5.97. The predicted molar refractivity (Wildman–Crippen MR) is 133 cm³/mol. The quantitative estimate of drug-likeness (QED) is 0.394. The second kappa shape index (κ2) is 12.1. The molecule has 5 rings (SSSR count). The summed E-state index contributed by atoms with van der Waals surface area (Å²) in [7, 11) is 0. The Morgan fingerprint density at radius 2 is 1.60 bits per heavy atom. The van der Waals surface area contributed by atoms with Crippen LogP contribution in [0.3, 0.4) is 0 Å². The van der Waals surface area contributed by atoms with Crippen LogP contribution in [0.1, 0.15) is 47.2 Å². The molecular weight excluding hydrogens is 440 g/mol. The zero-order chi connectivity index (χ0) is 24.5. The Hall–Kier alpha value is -3.69. The van der Waals surface area contributed by atoms with Crippen molar-refractivity contribution in [3.63, 3.8) is 0 Å². The molecule has 35 heavy (non-hydrogen) atoms. The van der Waals surface area contributed by atoms with Crippen molar-refractivity contribution in [3.8, 4) is 0 Å². The molecular formula is C26H32N8O. The first-order chi connectivity index (χ1) is 17.1. The monoisotopic (exact) mass is 472 g/mol. The predicted octanol–water partition coefficient (Wildman–Crippen LogP) is 3.13. The van der Waals surface area contributed by atoms with E-state index in [1.54, 1.807) is 11.6 Å². The Balaban J connectivity index is 0.000000239. The van der Waals surface area contributed by atoms with Gasteiger partial charge in [-0.1, -0.05) is 71.1 Å². The number of rotatable bonds is 8. The van der Waals surface area contributed by atoms with Crippen molar-refractivity contribution < 1.29 is 4.79 Å². The van der Waals surface area contributed by atoms with Gasteiger partial charge >= 0.3 is 0 Å². The summed E-state index contributed by atoms with van der Waals surface area (Å²) in [5, 5.41) is 19.0. The van der Waals surface area contributed by atoms with Crippen molar-refractivity contribution in [2.75, 3.05) is 13.1 Å². The summed E-state index contributed by atoms with van der Waals surface area (Å²) >= 11 is 0. The Morgan fingerprint density at radius 1 is 0.971 bits per heavy atom. The number of fused-ring (bicyclic) bond motifs is 1. The van der Waals surface area contributed by atoms with Crippen molar-refractivity contribution in [2.24, 2.45) is 0 Å². The minimum atomic E-state index is -0.0114. The highest BCUT2D eigenvalue weighted by Crippen LogP contribution is 2.13. The van der Waals surface area contributed by atoms with Crippen LogP contribution >= 0.6 is 0 Å². The molecule has 1 N–H and O–H groups in total. The van der Waals surface area contributed by atoms with Gasteiger partial charge in [-0.2, -0.15) is 0 Å². The lowest BCUT2D eigenvalue weighted by molar-refractivity contribution is 0.100. The van der Waals surface area contributed by atoms with E-state index in [2.05, 4.69) is 86.3 Å². The number of carbonyl (C=O) groups is 1. The first kappa shape index (κ1) is 24.4. The third-order valence-electron chi connectivity index (χ3n) is 5.97. The SMILES string of the molecule is CC(=O)c1cnnn1CCN(Cc1ccccc1)Cc1ccccc1.CC1NCCn2nncc21. The molecule has 2 aromatic carbocycles. The Kier molecular flexibility index (Phi) is 8.48. The fourth-order valence-corrected chi connectivity index (χ4v) is 4.10. The number of carbonyl (C=O) groups excluding carboxylic acids is 1. The zero-order valence-corrected chi connectivity index (χ0v) is 20.3. The average molecular weight is 473 g/mol. The second-order valence-corrected chi connectivity index (χ2v) is 8.64. The van der Waals surface area contributed by atoms with Crippen LogP contribution in [0.4, 0.5) is 0 Å². The number of Topliss-reactive ketones (excluding diaryl/α,β-unsaturated/α-hetero) is 1. The molecule has 1 unspecified atom stereocenters. The van der Waals surface area contributed by atoms with Crippen LogP contribution in [0.5, 0.6) is 0 Å². The summed E-state index contributed by atoms with van der Waals surface area (Å²) in [4.78, 5) is 14.0. The number of benzene rings is 2. The molecule has 0 amide bonds. The maximum absolute atomic E-state index is 11.6. The minimum Gasteiger partial charge on any atom is -0.307 e. The molecule has 3 heterocycles. The number of nitrogens with zero attached hydrogens (tertiary/aromatic N) is 7. The zero-order valence-electron chi connectivity index (χ0n) is 20.3. The topological polar surface area (TPSA) is 93.8 Å². The van der Waals surface area contributed by atoms with E-state index < -0.39 is 0 Å². The van der Waals surface area contributed by atoms with Crippen LogP contribution in [0.25, 0.3) is 0 Å². The molecule has 1 atom stereocenters. The van der Waals surface area contributed by atoms with E-state index in [1.807, 2.05) is 23.0 Å². The molecule has 1 aliphatic heterocycles. The minimum absolute atomic E-state index is 0.0114. The molecule has 9 nitrogen and oxygen atoms in total. The first-order valence-corrected chi connectivity index (χ1v) is 11.9. The summed E-state index contributed by atoms with van der Waals surface area (Å²) in [6, 6.07) is 21.2. The third kappa shape index (κ3) is 6.91. The fourth-order valence-electron chi connectivity index (χ4n) is 4.10. The maximum Gasteiger partial charge on any atom is 0.179 e. The first-order valence-electron chi connectivity index (χ1n) is 11.9. The number of nitrogens with one attached hydrogen (secondary N) is 1. The molecule has 0 bridgehead atoms. The van der Waals surface area contributed by atoms with Gasteiger partial charge in [-0.3, -0.25) is 9.69 Å². The van der Waals surface area contributed by atoms with Crippen LogP contribution in [-0.2, 0) is 26.2 Å². The summed E-state index contributed by atoms with van der Waals surface area (Å²) < 4.78 is 3.63. The lowest BCUT2D eigenvalue weighted by Crippen LogP contribution is -2.31. The summed E-state index contributed by atoms with van der Waals surface area (Å²) in [5.74, 6) is -0.0114. The van der Waals surface area contributed by atoms with Crippen molar-refractivity contribution in [1.82, 2.24) is 40.2 Å². The van der Waals surface area contributed by atoms with E-state index in [-0.39, 0.29) is 5.78 Å². The standard InChI is InChI=1S/C20H22N4O.C6H10N4/c1-17(25)20-14-21-22-24(20)13-12-23(15-18-8-4-2-5-9-18)16-19-10-6-3-7-11-19;1-5-6-4-8-9-10(6)3-2-7-5/h2-11,14H,12-13,15-16H2,1H3;4-5,7H,2-3H2,1H3. The lowest BCUT2D eigenvalue weighted by atomic mass is 10.1. The highest BCUT2D eigenvalue weighted by Gasteiger charge is 2.15. The second-order valence-electron chi connectivity index (χ2n) is 8.64. The van der Waals surface area contributed by atoms with Gasteiger partial charge in [-0.15, -0.1) is 10.2 Å². The van der Waals surface area contributed by atoms with Gasteiger partial charge in [0.25, 0.3) is 0 Å². The van der Waals surface area contributed by atoms with Crippen molar-refractivity contribution in [3.05, 3.63) is 95.6 Å². The van der Waals surface area contributed by atoms with E-state index in [1.165, 1.54) is 23.0 Å². The van der Waals surface area contributed by atoms with Crippen LogP contribution in [0, 0.1) is 0 Å². The summed E-state index contributed by atoms with van der Waals surface area (Å²) in [6.45, 7) is 8.72. The van der Waals surface area contributed by atoms with Gasteiger partial charge in [0.2, 0.25) is 0 Å². The molecule has 182 valence electrons. The molecule has 0 aliphatic carbocycles. The van der Waals surface area contributed by atoms with Gasteiger partial charge in [0.1, 0.15) is 5.69 Å². The van der Waals surface area contributed by atoms with Crippen molar-refractivity contribution >= 4 is 5.78 Å². The summed E-state index contributed by atoms with van der Waals surface area (Å²) in [6.07, 6.45) is 3.35. The molecule has 4 aromatic rings. The van der Waals surface area contributed by atoms with Gasteiger partial charge < -0.3 is 5.32 Å². The molecule has 0 saturated carbocycles. The van der Waals surface area contributed by atoms with Crippen LogP contribution < -0.4 is 5.32 Å². The lowest BCUT2D eigenvalue weighted by Gasteiger charge is -2.23. The summed E-state index contributed by atoms with van der Waals surface area (Å²) in [5.41, 5.74) is 4.28. The van der Waals surface area contributed by atoms with E-state index in [0.29, 0.717) is 18.3 Å². The highest BCUT2D eigenvalue weighted by molar-refractivity contribution is 5.91. The number of ketones is 1. The highest BCUT2D eigenvalue weighted by atomic mass is 16.1. The van der Waals surface area contributed by atoms with E-state index in [0.717, 1.165) is 32.7 Å². The van der Waals surface area contributed by atoms with E-state index in [9.17, 15) is 4.79 Å². The molecule has 0 spiro atoms. The largest absolute Gasteiger partial charge is 0.307 e. The molecule has 9 heteroatoms. The molecule has 1 aliphatic rings. The maximum atomic E-state index is 11.6. The normalized spacial score (nSPS) is 14.8. The van der Waals surface area contributed by atoms with Crippen molar-refractivity contribution in [2.45, 2.75) is 46.1 Å². The Labute approximate surface area is 205 Å². The van der Waals surface area contributed by atoms with Crippen LogP contribution in [0.15, 0.2) is 73.1 Å². The molecule has 0 radical (unpaired) electrons. The smallest absolute Gasteiger partial charge is 0.179 e. The molecule has 0 fully saturated rings. The van der Waals surface area contributed by atoms with Gasteiger partial charge in [0, 0.05) is 39.1 Å². The van der Waals surface area contributed by atoms with Gasteiger partial charge in [-0.25, -0.2) is 9.36 Å². The fraction of sp³-hybridized carbons (Fsp3) is 0.346. The Bertz CT molecular complexity index is 1150. The van der Waals surface area contributed by atoms with Crippen LogP contribution in [0.2, 0.25) is 0 Å². The van der Waals surface area contributed by atoms with Gasteiger partial charge in [0.15, 0.2) is 5.78 Å². The number of hydrogen-bond donors (Lipinski definition) is 1. The van der Waals surface area contributed by atoms with E-state index >= 15 is 0 Å². The number of aromatic nitrogens is 6. The van der Waals surface area contributed by atoms with E-state index in [4.69, 9.17) is 0 Å². The van der Waals surface area contributed by atoms with Crippen LogP contribution in [-0.4, -0.2) is 53.8 Å². The molecule has 2 aromatic heterocycles. The van der Waals surface area contributed by atoms with Gasteiger partial charge in [0.05, 0.1) is 31.2 Å². The average Bonchev–Trinajstić information content (AvgIpc) is 3.55. The Morgan fingerprint density at radius 3 is 2.20 bits per heavy atom. The number of hydrogen-bond acceptors (Lipinski definition) is 7.